The number of alkyl halides is 1. The van der Waals surface area contributed by atoms with Gasteiger partial charge in [-0.05, 0) is 24.6 Å². The highest BCUT2D eigenvalue weighted by atomic mass is 35.5. The fourth-order valence-corrected chi connectivity index (χ4v) is 2.71. The van der Waals surface area contributed by atoms with Gasteiger partial charge in [-0.1, -0.05) is 17.7 Å². The number of aromatic nitrogens is 2. The second-order valence-electron chi connectivity index (χ2n) is 6.18. The molecule has 2 atom stereocenters. The molecule has 1 aromatic heterocycles. The number of hydrogen-bond acceptors (Lipinski definition) is 5. The van der Waals surface area contributed by atoms with Crippen LogP contribution in [0.2, 0.25) is 5.15 Å². The zero-order chi connectivity index (χ0) is 22.0. The maximum absolute atomic E-state index is 13.6. The van der Waals surface area contributed by atoms with Crippen LogP contribution in [0, 0.1) is 11.7 Å². The van der Waals surface area contributed by atoms with E-state index in [-0.39, 0.29) is 17.6 Å². The minimum atomic E-state index is -1.60. The first-order chi connectivity index (χ1) is 13.8. The Balaban J connectivity index is 0.000000390. The highest BCUT2D eigenvalue weighted by Gasteiger charge is 2.29. The second kappa shape index (κ2) is 12.0. The van der Waals surface area contributed by atoms with E-state index in [0.29, 0.717) is 17.4 Å². The zero-order valence-electron chi connectivity index (χ0n) is 16.6. The number of anilines is 1. The van der Waals surface area contributed by atoms with Crippen LogP contribution in [-0.2, 0) is 16.6 Å². The molecule has 29 heavy (non-hydrogen) atoms. The number of amides is 1. The van der Waals surface area contributed by atoms with Crippen molar-refractivity contribution >= 4 is 30.0 Å². The van der Waals surface area contributed by atoms with Gasteiger partial charge in [-0.3, -0.25) is 9.48 Å². The number of likely N-dealkylation sites (tertiary alicyclic amines) is 1. The van der Waals surface area contributed by atoms with Crippen molar-refractivity contribution in [1.82, 2.24) is 14.7 Å². The van der Waals surface area contributed by atoms with Gasteiger partial charge in [-0.2, -0.15) is 5.10 Å². The maximum atomic E-state index is 13.6. The summed E-state index contributed by atoms with van der Waals surface area (Å²) in [6.45, 7) is 4.29. The van der Waals surface area contributed by atoms with Crippen LogP contribution in [0.4, 0.5) is 14.5 Å². The molecule has 7 nitrogen and oxygen atoms in total. The van der Waals surface area contributed by atoms with E-state index in [4.69, 9.17) is 21.1 Å². The number of aryl methyl sites for hydroxylation is 1. The van der Waals surface area contributed by atoms with Crippen molar-refractivity contribution < 1.29 is 23.1 Å². The number of carbonyl (C=O) groups is 2. The van der Waals surface area contributed by atoms with E-state index < -0.39 is 12.2 Å². The largest absolute Gasteiger partial charge is 0.455 e. The van der Waals surface area contributed by atoms with Crippen LogP contribution in [0.3, 0.4) is 0 Å². The summed E-state index contributed by atoms with van der Waals surface area (Å²) in [5.74, 6) is -0.857. The first-order valence-corrected chi connectivity index (χ1v) is 9.17. The Morgan fingerprint density at radius 1 is 1.38 bits per heavy atom. The number of halogens is 3. The van der Waals surface area contributed by atoms with Crippen LogP contribution >= 0.6 is 11.6 Å². The molecule has 0 bridgehead atoms. The molecule has 0 spiro atoms. The summed E-state index contributed by atoms with van der Waals surface area (Å²) in [7, 11) is 3.55. The van der Waals surface area contributed by atoms with Crippen molar-refractivity contribution in [3.63, 3.8) is 0 Å². The molecule has 10 heteroatoms. The molecule has 2 aromatic rings. The molecule has 0 aliphatic carbocycles. The molecule has 0 saturated carbocycles. The van der Waals surface area contributed by atoms with Crippen molar-refractivity contribution in [3.8, 4) is 5.75 Å². The highest BCUT2D eigenvalue weighted by molar-refractivity contribution is 6.29. The number of nitrogens with one attached hydrogen (secondary N) is 1. The van der Waals surface area contributed by atoms with Crippen molar-refractivity contribution in [2.24, 2.45) is 13.0 Å². The van der Waals surface area contributed by atoms with Crippen molar-refractivity contribution in [3.05, 3.63) is 41.4 Å². The van der Waals surface area contributed by atoms with Crippen LogP contribution in [0.5, 0.6) is 5.75 Å². The SMILES string of the molecule is C=O.CC(F)Oc1c(F)cccc1NC[C@@H]1CCN(C)C1=O.Cn1nccc1Cl. The molecule has 1 amide bonds. The van der Waals surface area contributed by atoms with Gasteiger partial charge in [0.25, 0.3) is 0 Å². The lowest BCUT2D eigenvalue weighted by Crippen LogP contribution is -2.26. The smallest absolute Gasteiger partial charge is 0.236 e. The number of hydrogen-bond donors (Lipinski definition) is 1. The number of benzene rings is 1. The van der Waals surface area contributed by atoms with Gasteiger partial charge >= 0.3 is 0 Å². The highest BCUT2D eigenvalue weighted by Crippen LogP contribution is 2.29. The molecule has 1 unspecified atom stereocenters. The first-order valence-electron chi connectivity index (χ1n) is 8.80. The van der Waals surface area contributed by atoms with Gasteiger partial charge in [0.2, 0.25) is 12.3 Å². The fourth-order valence-electron chi connectivity index (χ4n) is 2.61. The van der Waals surface area contributed by atoms with E-state index in [9.17, 15) is 13.6 Å². The van der Waals surface area contributed by atoms with Crippen molar-refractivity contribution in [1.29, 1.82) is 0 Å². The van der Waals surface area contributed by atoms with Gasteiger partial charge in [0, 0.05) is 34.1 Å². The van der Waals surface area contributed by atoms with Crippen molar-refractivity contribution in [2.45, 2.75) is 19.7 Å². The fraction of sp³-hybridized carbons (Fsp3) is 0.421. The Bertz CT molecular complexity index is 772. The summed E-state index contributed by atoms with van der Waals surface area (Å²) in [6.07, 6.45) is 0.807. The Morgan fingerprint density at radius 3 is 2.52 bits per heavy atom. The topological polar surface area (TPSA) is 76.5 Å². The van der Waals surface area contributed by atoms with E-state index in [1.165, 1.54) is 19.1 Å². The van der Waals surface area contributed by atoms with E-state index in [1.807, 2.05) is 6.79 Å². The number of nitrogens with zero attached hydrogens (tertiary/aromatic N) is 3. The molecule has 3 rings (SSSR count). The molecule has 2 heterocycles. The third-order valence-electron chi connectivity index (χ3n) is 4.09. The maximum Gasteiger partial charge on any atom is 0.236 e. The quantitative estimate of drug-likeness (QED) is 0.787. The summed E-state index contributed by atoms with van der Waals surface area (Å²) in [5.41, 5.74) is 0.358. The molecule has 1 aliphatic heterocycles. The van der Waals surface area contributed by atoms with E-state index >= 15 is 0 Å². The van der Waals surface area contributed by atoms with E-state index in [1.54, 1.807) is 42.0 Å². The Kier molecular flexibility index (Phi) is 10.1. The minimum absolute atomic E-state index is 0.0650. The lowest BCUT2D eigenvalue weighted by Gasteiger charge is -2.16. The summed E-state index contributed by atoms with van der Waals surface area (Å²) in [6, 6.07) is 6.05. The summed E-state index contributed by atoms with van der Waals surface area (Å²) in [5, 5.41) is 7.44. The number of ether oxygens (including phenoxy) is 1. The summed E-state index contributed by atoms with van der Waals surface area (Å²) < 4.78 is 33.0. The molecular weight excluding hydrogens is 406 g/mol. The molecule has 1 fully saturated rings. The van der Waals surface area contributed by atoms with Crippen LogP contribution in [0.15, 0.2) is 30.5 Å². The van der Waals surface area contributed by atoms with E-state index in [0.717, 1.165) is 13.0 Å². The Labute approximate surface area is 173 Å². The van der Waals surface area contributed by atoms with Crippen molar-refractivity contribution in [2.75, 3.05) is 25.5 Å². The van der Waals surface area contributed by atoms with Gasteiger partial charge in [0.05, 0.1) is 17.8 Å². The third kappa shape index (κ3) is 7.34. The first kappa shape index (κ1) is 24.4. The number of rotatable bonds is 5. The summed E-state index contributed by atoms with van der Waals surface area (Å²) >= 11 is 5.52. The lowest BCUT2D eigenvalue weighted by molar-refractivity contribution is -0.129. The van der Waals surface area contributed by atoms with E-state index in [2.05, 4.69) is 10.4 Å². The molecular formula is C19H25ClF2N4O3. The molecule has 1 N–H and O–H groups in total. The average Bonchev–Trinajstić information content (AvgIpc) is 3.22. The lowest BCUT2D eigenvalue weighted by atomic mass is 10.1. The molecule has 0 radical (unpaired) electrons. The van der Waals surface area contributed by atoms with Gasteiger partial charge in [-0.25, -0.2) is 8.78 Å². The standard InChI is InChI=1S/C14H18F2N2O2.C4H5ClN2.CH2O/c1-9(15)20-13-11(16)4-3-5-12(13)17-8-10-6-7-18(2)14(10)19;1-7-4(5)2-3-6-7;1-2/h3-5,9-10,17H,6-8H2,1-2H3;2-3H,1H3;1H2/t9?,10-;;/m0../s1. The zero-order valence-corrected chi connectivity index (χ0v) is 17.3. The Hall–Kier alpha value is -2.68. The van der Waals surface area contributed by atoms with Gasteiger partial charge in [0.1, 0.15) is 11.9 Å². The molecule has 160 valence electrons. The minimum Gasteiger partial charge on any atom is -0.455 e. The van der Waals surface area contributed by atoms with Crippen LogP contribution in [0.1, 0.15) is 13.3 Å². The number of para-hydroxylation sites is 1. The van der Waals surface area contributed by atoms with Gasteiger partial charge < -0.3 is 19.7 Å². The molecule has 1 aliphatic rings. The monoisotopic (exact) mass is 430 g/mol. The second-order valence-corrected chi connectivity index (χ2v) is 6.57. The third-order valence-corrected chi connectivity index (χ3v) is 4.46. The Morgan fingerprint density at radius 2 is 2.07 bits per heavy atom. The normalized spacial score (nSPS) is 16.3. The predicted octanol–water partition coefficient (Wildman–Crippen LogP) is 3.30. The van der Waals surface area contributed by atoms with Gasteiger partial charge in [0.15, 0.2) is 11.6 Å². The van der Waals surface area contributed by atoms with Gasteiger partial charge in [-0.15, -0.1) is 0 Å². The molecule has 1 aromatic carbocycles. The van der Waals surface area contributed by atoms with Crippen LogP contribution in [0.25, 0.3) is 0 Å². The summed E-state index contributed by atoms with van der Waals surface area (Å²) in [4.78, 5) is 21.4. The number of carbonyl (C=O) groups excluding carboxylic acids is 2. The van der Waals surface area contributed by atoms with Crippen LogP contribution in [-0.4, -0.2) is 53.9 Å². The van der Waals surface area contributed by atoms with Crippen LogP contribution < -0.4 is 10.1 Å². The average molecular weight is 431 g/mol. The molecule has 1 saturated heterocycles. The predicted molar refractivity (Wildman–Crippen MR) is 107 cm³/mol.